The quantitative estimate of drug-likeness (QED) is 0.479. The summed E-state index contributed by atoms with van der Waals surface area (Å²) in [6, 6.07) is 2.29. The Balaban J connectivity index is 3.12. The Morgan fingerprint density at radius 2 is 2.44 bits per heavy atom. The molecule has 0 aliphatic heterocycles. The first-order valence-electron chi connectivity index (χ1n) is 2.32. The lowest BCUT2D eigenvalue weighted by atomic mass is 10.4. The van der Waals surface area contributed by atoms with Gasteiger partial charge in [0.05, 0.1) is 0 Å². The van der Waals surface area contributed by atoms with Gasteiger partial charge in [0.15, 0.2) is 0 Å². The lowest BCUT2D eigenvalue weighted by Crippen LogP contribution is -1.73. The highest BCUT2D eigenvalue weighted by Crippen LogP contribution is 2.06. The largest absolute Gasteiger partial charge is 0.361 e. The van der Waals surface area contributed by atoms with Crippen LogP contribution in [0.25, 0.3) is 4.85 Å². The van der Waals surface area contributed by atoms with Gasteiger partial charge in [0.25, 0.3) is 5.82 Å². The van der Waals surface area contributed by atoms with E-state index in [9.17, 15) is 4.39 Å². The maximum absolute atomic E-state index is 12.2. The average Bonchev–Trinajstić information content (AvgIpc) is 1.88. The van der Waals surface area contributed by atoms with E-state index < -0.39 is 5.82 Å². The van der Waals surface area contributed by atoms with Gasteiger partial charge in [-0.05, 0) is 6.07 Å². The fourth-order valence-corrected chi connectivity index (χ4v) is 0.455. The van der Waals surface area contributed by atoms with Gasteiger partial charge in [0, 0.05) is 6.07 Å². The molecule has 2 nitrogen and oxygen atoms in total. The summed E-state index contributed by atoms with van der Waals surface area (Å²) in [4.78, 5) is 6.49. The van der Waals surface area contributed by atoms with E-state index >= 15 is 0 Å². The lowest BCUT2D eigenvalue weighted by molar-refractivity contribution is 0.627. The zero-order valence-corrected chi connectivity index (χ0v) is 4.50. The van der Waals surface area contributed by atoms with Crippen LogP contribution in [0.2, 0.25) is 0 Å². The number of hydrogen-bond acceptors (Lipinski definition) is 1. The molecule has 44 valence electrons. The number of hydrogen-bond donors (Lipinski definition) is 0. The second-order valence-corrected chi connectivity index (χ2v) is 1.44. The van der Waals surface area contributed by atoms with Crippen molar-refractivity contribution in [1.29, 1.82) is 0 Å². The third-order valence-corrected chi connectivity index (χ3v) is 0.822. The summed E-state index contributed by atoms with van der Waals surface area (Å²) in [5.74, 6) is -0.328. The third-order valence-electron chi connectivity index (χ3n) is 0.822. The van der Waals surface area contributed by atoms with E-state index in [1.54, 1.807) is 0 Å². The van der Waals surface area contributed by atoms with Crippen molar-refractivity contribution in [2.75, 3.05) is 0 Å². The van der Waals surface area contributed by atoms with Crippen LogP contribution in [0.1, 0.15) is 0 Å². The summed E-state index contributed by atoms with van der Waals surface area (Å²) in [7, 11) is 0. The second-order valence-electron chi connectivity index (χ2n) is 1.44. The molecule has 1 aromatic heterocycles. The highest BCUT2D eigenvalue weighted by molar-refractivity contribution is 5.34. The van der Waals surface area contributed by atoms with Crippen LogP contribution < -0.4 is 0 Å². The molecule has 1 aromatic rings. The van der Waals surface area contributed by atoms with Gasteiger partial charge in [-0.2, -0.15) is 0 Å². The highest BCUT2D eigenvalue weighted by atomic mass is 19.1. The summed E-state index contributed by atoms with van der Waals surface area (Å²) in [5, 5.41) is 0. The molecule has 0 radical (unpaired) electrons. The molecule has 0 N–H and O–H groups in total. The fourth-order valence-electron chi connectivity index (χ4n) is 0.455. The standard InChI is InChI=1S/C6H3FN2/c1-8-6-4-5(7)2-3-9-6/h2-4H. The summed E-state index contributed by atoms with van der Waals surface area (Å²) in [6.45, 7) is 6.44. The molecule has 0 saturated heterocycles. The summed E-state index contributed by atoms with van der Waals surface area (Å²) < 4.78 is 12.2. The molecule has 0 atom stereocenters. The van der Waals surface area contributed by atoms with Crippen molar-refractivity contribution in [2.45, 2.75) is 0 Å². The van der Waals surface area contributed by atoms with Crippen LogP contribution in [0.5, 0.6) is 0 Å². The van der Waals surface area contributed by atoms with Crippen molar-refractivity contribution in [1.82, 2.24) is 4.98 Å². The summed E-state index contributed by atoms with van der Waals surface area (Å²) in [5.41, 5.74) is 0. The predicted molar refractivity (Wildman–Crippen MR) is 30.5 cm³/mol. The third kappa shape index (κ3) is 1.23. The molecule has 9 heavy (non-hydrogen) atoms. The van der Waals surface area contributed by atoms with Crippen LogP contribution >= 0.6 is 0 Å². The van der Waals surface area contributed by atoms with E-state index in [1.165, 1.54) is 12.3 Å². The minimum atomic E-state index is -0.420. The van der Waals surface area contributed by atoms with Crippen LogP contribution in [0.4, 0.5) is 10.2 Å². The van der Waals surface area contributed by atoms with Gasteiger partial charge < -0.3 is 4.85 Å². The highest BCUT2D eigenvalue weighted by Gasteiger charge is 1.92. The Morgan fingerprint density at radius 1 is 1.67 bits per heavy atom. The first kappa shape index (κ1) is 5.70. The Hall–Kier alpha value is -1.43. The molecule has 0 unspecified atom stereocenters. The normalized spacial score (nSPS) is 8.44. The van der Waals surface area contributed by atoms with E-state index in [-0.39, 0.29) is 5.82 Å². The maximum Gasteiger partial charge on any atom is 0.272 e. The molecule has 0 amide bonds. The van der Waals surface area contributed by atoms with Crippen LogP contribution in [0, 0.1) is 12.4 Å². The molecule has 0 aliphatic rings. The Morgan fingerprint density at radius 3 is 2.89 bits per heavy atom. The lowest BCUT2D eigenvalue weighted by Gasteiger charge is -1.83. The monoisotopic (exact) mass is 122 g/mol. The molecule has 0 aromatic carbocycles. The Kier molecular flexibility index (Phi) is 1.41. The molecular formula is C6H3FN2. The second kappa shape index (κ2) is 2.23. The molecule has 0 saturated carbocycles. The molecule has 0 spiro atoms. The molecular weight excluding hydrogens is 119 g/mol. The van der Waals surface area contributed by atoms with Crippen molar-refractivity contribution >= 4 is 5.82 Å². The maximum atomic E-state index is 12.2. The predicted octanol–water partition coefficient (Wildman–Crippen LogP) is 1.77. The molecule has 1 rings (SSSR count). The van der Waals surface area contributed by atoms with Gasteiger partial charge in [-0.25, -0.2) is 4.39 Å². The number of aromatic nitrogens is 1. The molecule has 0 fully saturated rings. The number of pyridine rings is 1. The van der Waals surface area contributed by atoms with Crippen LogP contribution in [-0.2, 0) is 0 Å². The van der Waals surface area contributed by atoms with Crippen molar-refractivity contribution in [3.05, 3.63) is 35.6 Å². The van der Waals surface area contributed by atoms with E-state index in [0.717, 1.165) is 6.07 Å². The zero-order chi connectivity index (χ0) is 6.69. The van der Waals surface area contributed by atoms with E-state index in [4.69, 9.17) is 6.57 Å². The smallest absolute Gasteiger partial charge is 0.272 e. The molecule has 0 aliphatic carbocycles. The van der Waals surface area contributed by atoms with Gasteiger partial charge >= 0.3 is 0 Å². The van der Waals surface area contributed by atoms with Gasteiger partial charge in [0.2, 0.25) is 0 Å². The SMILES string of the molecule is [C-]#[N+]c1cc(F)ccn1. The van der Waals surface area contributed by atoms with Crippen LogP contribution in [0.3, 0.4) is 0 Å². The van der Waals surface area contributed by atoms with Crippen molar-refractivity contribution < 1.29 is 4.39 Å². The van der Waals surface area contributed by atoms with Gasteiger partial charge in [-0.15, -0.1) is 4.98 Å². The molecule has 3 heteroatoms. The number of halogens is 1. The van der Waals surface area contributed by atoms with Gasteiger partial charge in [-0.1, -0.05) is 6.57 Å². The van der Waals surface area contributed by atoms with Crippen molar-refractivity contribution in [3.8, 4) is 0 Å². The first-order valence-corrected chi connectivity index (χ1v) is 2.32. The first-order chi connectivity index (χ1) is 4.33. The van der Waals surface area contributed by atoms with Crippen molar-refractivity contribution in [3.63, 3.8) is 0 Å². The average molecular weight is 122 g/mol. The Bertz CT molecular complexity index is 251. The minimum Gasteiger partial charge on any atom is -0.361 e. The molecule has 1 heterocycles. The topological polar surface area (TPSA) is 17.2 Å². The fraction of sp³-hybridized carbons (Fsp3) is 0. The Labute approximate surface area is 51.8 Å². The zero-order valence-electron chi connectivity index (χ0n) is 4.50. The molecule has 0 bridgehead atoms. The minimum absolute atomic E-state index is 0.0926. The van der Waals surface area contributed by atoms with E-state index in [1.807, 2.05) is 0 Å². The number of rotatable bonds is 0. The van der Waals surface area contributed by atoms with Crippen molar-refractivity contribution in [2.24, 2.45) is 0 Å². The summed E-state index contributed by atoms with van der Waals surface area (Å²) >= 11 is 0. The summed E-state index contributed by atoms with van der Waals surface area (Å²) in [6.07, 6.45) is 1.27. The number of nitrogens with zero attached hydrogens (tertiary/aromatic N) is 2. The van der Waals surface area contributed by atoms with Gasteiger partial charge in [0.1, 0.15) is 12.0 Å². The van der Waals surface area contributed by atoms with Crippen LogP contribution in [-0.4, -0.2) is 4.98 Å². The van der Waals surface area contributed by atoms with E-state index in [2.05, 4.69) is 9.83 Å². The van der Waals surface area contributed by atoms with Crippen LogP contribution in [0.15, 0.2) is 18.3 Å². The van der Waals surface area contributed by atoms with E-state index in [0.29, 0.717) is 0 Å². The van der Waals surface area contributed by atoms with Gasteiger partial charge in [-0.3, -0.25) is 0 Å².